The van der Waals surface area contributed by atoms with E-state index in [1.807, 2.05) is 0 Å². The van der Waals surface area contributed by atoms with Gasteiger partial charge in [-0.3, -0.25) is 4.79 Å². The molecule has 0 aliphatic carbocycles. The average molecular weight is 399 g/mol. The molecule has 0 N–H and O–H groups in total. The van der Waals surface area contributed by atoms with Crippen LogP contribution in [0.5, 0.6) is 17.2 Å². The monoisotopic (exact) mass is 398 g/mol. The van der Waals surface area contributed by atoms with E-state index in [2.05, 4.69) is 0 Å². The molecule has 138 valence electrons. The average Bonchev–Trinajstić information content (AvgIpc) is 2.64. The van der Waals surface area contributed by atoms with Gasteiger partial charge in [0.2, 0.25) is 11.5 Å². The normalized spacial score (nSPS) is 10.2. The molecule has 8 heteroatoms. The lowest BCUT2D eigenvalue weighted by Gasteiger charge is -2.13. The van der Waals surface area contributed by atoms with Crippen LogP contribution in [0.2, 0.25) is 10.0 Å². The van der Waals surface area contributed by atoms with Crippen LogP contribution in [0.15, 0.2) is 30.3 Å². The molecule has 0 spiro atoms. The van der Waals surface area contributed by atoms with Crippen LogP contribution in [0.1, 0.15) is 20.7 Å². The van der Waals surface area contributed by atoms with Crippen LogP contribution in [-0.2, 0) is 4.74 Å². The Morgan fingerprint density at radius 3 is 2.04 bits per heavy atom. The van der Waals surface area contributed by atoms with E-state index in [9.17, 15) is 9.59 Å². The van der Waals surface area contributed by atoms with Gasteiger partial charge in [0.05, 0.1) is 31.9 Å². The van der Waals surface area contributed by atoms with Gasteiger partial charge in [0.1, 0.15) is 0 Å². The summed E-state index contributed by atoms with van der Waals surface area (Å²) in [5.74, 6) is -0.234. The SMILES string of the molecule is COc1cc(C(=O)OCC(=O)c2ccc(Cl)cc2Cl)cc(OC)c1OC. The Morgan fingerprint density at radius 1 is 0.923 bits per heavy atom. The summed E-state index contributed by atoms with van der Waals surface area (Å²) >= 11 is 11.8. The molecule has 0 fully saturated rings. The summed E-state index contributed by atoms with van der Waals surface area (Å²) in [5.41, 5.74) is 0.364. The van der Waals surface area contributed by atoms with Crippen LogP contribution in [-0.4, -0.2) is 39.7 Å². The van der Waals surface area contributed by atoms with Crippen LogP contribution in [0.25, 0.3) is 0 Å². The molecule has 0 aromatic heterocycles. The molecule has 0 heterocycles. The standard InChI is InChI=1S/C18H16Cl2O6/c1-23-15-6-10(7-16(24-2)17(15)25-3)18(22)26-9-14(21)12-5-4-11(19)8-13(12)20/h4-8H,9H2,1-3H3. The van der Waals surface area contributed by atoms with E-state index in [4.69, 9.17) is 42.1 Å². The molecule has 2 aromatic carbocycles. The van der Waals surface area contributed by atoms with E-state index in [1.165, 1.54) is 51.7 Å². The minimum absolute atomic E-state index is 0.148. The highest BCUT2D eigenvalue weighted by atomic mass is 35.5. The fraction of sp³-hybridized carbons (Fsp3) is 0.222. The van der Waals surface area contributed by atoms with Gasteiger partial charge < -0.3 is 18.9 Å². The van der Waals surface area contributed by atoms with E-state index in [0.29, 0.717) is 22.3 Å². The number of carbonyl (C=O) groups is 2. The van der Waals surface area contributed by atoms with E-state index < -0.39 is 18.4 Å². The molecule has 0 bridgehead atoms. The molecule has 2 aromatic rings. The van der Waals surface area contributed by atoms with Gasteiger partial charge in [-0.2, -0.15) is 0 Å². The highest BCUT2D eigenvalue weighted by Crippen LogP contribution is 2.38. The molecule has 26 heavy (non-hydrogen) atoms. The third-order valence-corrected chi connectivity index (χ3v) is 4.01. The molecular weight excluding hydrogens is 383 g/mol. The number of methoxy groups -OCH3 is 3. The van der Waals surface area contributed by atoms with Gasteiger partial charge in [-0.1, -0.05) is 23.2 Å². The molecule has 0 atom stereocenters. The number of hydrogen-bond donors (Lipinski definition) is 0. The number of ketones is 1. The lowest BCUT2D eigenvalue weighted by Crippen LogP contribution is -2.15. The molecule has 0 aliphatic rings. The number of benzene rings is 2. The van der Waals surface area contributed by atoms with Crippen molar-refractivity contribution in [3.05, 3.63) is 51.5 Å². The Morgan fingerprint density at radius 2 is 1.54 bits per heavy atom. The molecule has 0 aliphatic heterocycles. The van der Waals surface area contributed by atoms with Gasteiger partial charge in [-0.25, -0.2) is 4.79 Å². The maximum atomic E-state index is 12.3. The Hall–Kier alpha value is -2.44. The van der Waals surface area contributed by atoms with E-state index in [-0.39, 0.29) is 16.1 Å². The number of esters is 1. The van der Waals surface area contributed by atoms with E-state index in [0.717, 1.165) is 0 Å². The first-order valence-corrected chi connectivity index (χ1v) is 8.12. The van der Waals surface area contributed by atoms with Gasteiger partial charge in [0, 0.05) is 10.6 Å². The second-order valence-corrected chi connectivity index (χ2v) is 5.88. The molecule has 0 saturated heterocycles. The number of ether oxygens (including phenoxy) is 4. The van der Waals surface area contributed by atoms with Crippen molar-refractivity contribution in [3.8, 4) is 17.2 Å². The minimum Gasteiger partial charge on any atom is -0.493 e. The molecule has 0 radical (unpaired) electrons. The molecule has 6 nitrogen and oxygen atoms in total. The van der Waals surface area contributed by atoms with Crippen molar-refractivity contribution in [2.45, 2.75) is 0 Å². The zero-order valence-corrected chi connectivity index (χ0v) is 15.8. The van der Waals surface area contributed by atoms with Crippen molar-refractivity contribution < 1.29 is 28.5 Å². The zero-order chi connectivity index (χ0) is 19.3. The molecule has 0 saturated carbocycles. The summed E-state index contributed by atoms with van der Waals surface area (Å²) in [6.07, 6.45) is 0. The first kappa shape index (κ1) is 19.9. The quantitative estimate of drug-likeness (QED) is 0.517. The Bertz CT molecular complexity index is 809. The summed E-state index contributed by atoms with van der Waals surface area (Å²) < 4.78 is 20.6. The van der Waals surface area contributed by atoms with Gasteiger partial charge in [0.25, 0.3) is 0 Å². The Labute approximate surface area is 160 Å². The van der Waals surface area contributed by atoms with E-state index in [1.54, 1.807) is 0 Å². The maximum Gasteiger partial charge on any atom is 0.338 e. The second kappa shape index (κ2) is 8.78. The second-order valence-electron chi connectivity index (χ2n) is 5.04. The number of halogens is 2. The largest absolute Gasteiger partial charge is 0.493 e. The maximum absolute atomic E-state index is 12.3. The van der Waals surface area contributed by atoms with Gasteiger partial charge in [0.15, 0.2) is 18.1 Å². The summed E-state index contributed by atoms with van der Waals surface area (Å²) in [5, 5.41) is 0.590. The van der Waals surface area contributed by atoms with E-state index >= 15 is 0 Å². The molecule has 0 amide bonds. The fourth-order valence-electron chi connectivity index (χ4n) is 2.21. The lowest BCUT2D eigenvalue weighted by molar-refractivity contribution is 0.0474. The number of rotatable bonds is 7. The smallest absolute Gasteiger partial charge is 0.338 e. The zero-order valence-electron chi connectivity index (χ0n) is 14.3. The lowest BCUT2D eigenvalue weighted by atomic mass is 10.1. The van der Waals surface area contributed by atoms with Crippen LogP contribution in [0.4, 0.5) is 0 Å². The first-order chi connectivity index (χ1) is 12.4. The number of Topliss-reactive ketones (excluding diaryl/α,β-unsaturated/α-hetero) is 1. The molecule has 0 unspecified atom stereocenters. The molecular formula is C18H16Cl2O6. The van der Waals surface area contributed by atoms with Crippen molar-refractivity contribution in [3.63, 3.8) is 0 Å². The van der Waals surface area contributed by atoms with Crippen LogP contribution < -0.4 is 14.2 Å². The number of carbonyl (C=O) groups excluding carboxylic acids is 2. The van der Waals surface area contributed by atoms with Crippen molar-refractivity contribution in [1.29, 1.82) is 0 Å². The third kappa shape index (κ3) is 4.39. The topological polar surface area (TPSA) is 71.1 Å². The van der Waals surface area contributed by atoms with Crippen molar-refractivity contribution in [1.82, 2.24) is 0 Å². The van der Waals surface area contributed by atoms with Crippen molar-refractivity contribution in [2.24, 2.45) is 0 Å². The highest BCUT2D eigenvalue weighted by Gasteiger charge is 2.19. The van der Waals surface area contributed by atoms with Gasteiger partial charge >= 0.3 is 5.97 Å². The van der Waals surface area contributed by atoms with Crippen molar-refractivity contribution in [2.75, 3.05) is 27.9 Å². The van der Waals surface area contributed by atoms with Crippen molar-refractivity contribution >= 4 is 35.0 Å². The minimum atomic E-state index is -0.720. The van der Waals surface area contributed by atoms with Crippen LogP contribution in [0.3, 0.4) is 0 Å². The highest BCUT2D eigenvalue weighted by molar-refractivity contribution is 6.36. The summed E-state index contributed by atoms with van der Waals surface area (Å²) in [4.78, 5) is 24.5. The van der Waals surface area contributed by atoms with Gasteiger partial charge in [-0.05, 0) is 30.3 Å². The third-order valence-electron chi connectivity index (χ3n) is 3.47. The fourth-order valence-corrected chi connectivity index (χ4v) is 2.72. The number of hydrogen-bond acceptors (Lipinski definition) is 6. The predicted octanol–water partition coefficient (Wildman–Crippen LogP) is 4.06. The molecule has 2 rings (SSSR count). The Balaban J connectivity index is 2.16. The summed E-state index contributed by atoms with van der Waals surface area (Å²) in [6.45, 7) is -0.475. The Kier molecular flexibility index (Phi) is 6.71. The van der Waals surface area contributed by atoms with Gasteiger partial charge in [-0.15, -0.1) is 0 Å². The van der Waals surface area contributed by atoms with Crippen LogP contribution in [0, 0.1) is 0 Å². The first-order valence-electron chi connectivity index (χ1n) is 7.36. The summed E-state index contributed by atoms with van der Waals surface area (Å²) in [6, 6.07) is 7.31. The van der Waals surface area contributed by atoms with Crippen LogP contribution >= 0.6 is 23.2 Å². The predicted molar refractivity (Wildman–Crippen MR) is 97.2 cm³/mol. The summed E-state index contributed by atoms with van der Waals surface area (Å²) in [7, 11) is 4.31.